The molecular weight excluding hydrogens is 298 g/mol. The van der Waals surface area contributed by atoms with E-state index >= 15 is 0 Å². The van der Waals surface area contributed by atoms with E-state index in [9.17, 15) is 0 Å². The van der Waals surface area contributed by atoms with Crippen LogP contribution in [-0.2, 0) is 6.54 Å². The summed E-state index contributed by atoms with van der Waals surface area (Å²) in [7, 11) is 1.95. The van der Waals surface area contributed by atoms with Gasteiger partial charge in [-0.1, -0.05) is 48.5 Å². The highest BCUT2D eigenvalue weighted by Gasteiger charge is 2.12. The molecule has 0 N–H and O–H groups in total. The molecule has 0 bridgehead atoms. The molecule has 0 saturated heterocycles. The highest BCUT2D eigenvalue weighted by Crippen LogP contribution is 2.21. The van der Waals surface area contributed by atoms with Gasteiger partial charge in [0.05, 0.1) is 6.20 Å². The number of aromatic nitrogens is 3. The van der Waals surface area contributed by atoms with Crippen LogP contribution in [0.2, 0.25) is 0 Å². The van der Waals surface area contributed by atoms with Crippen LogP contribution in [0.4, 0.5) is 17.5 Å². The number of benzene rings is 2. The van der Waals surface area contributed by atoms with Crippen molar-refractivity contribution in [2.75, 3.05) is 23.4 Å². The second-order valence-corrected chi connectivity index (χ2v) is 5.51. The number of rotatable bonds is 6. The average Bonchev–Trinajstić information content (AvgIpc) is 2.67. The minimum atomic E-state index is 0.588. The second-order valence-electron chi connectivity index (χ2n) is 5.51. The van der Waals surface area contributed by atoms with Crippen molar-refractivity contribution in [1.82, 2.24) is 15.2 Å². The van der Waals surface area contributed by atoms with E-state index in [4.69, 9.17) is 4.98 Å². The summed E-state index contributed by atoms with van der Waals surface area (Å²) in [5, 5.41) is 8.32. The minimum absolute atomic E-state index is 0.588. The monoisotopic (exact) mass is 319 g/mol. The maximum atomic E-state index is 4.69. The van der Waals surface area contributed by atoms with Gasteiger partial charge in [0.25, 0.3) is 5.95 Å². The van der Waals surface area contributed by atoms with E-state index in [0.717, 1.165) is 24.6 Å². The zero-order valence-corrected chi connectivity index (χ0v) is 14.0. The fourth-order valence-corrected chi connectivity index (χ4v) is 2.51. The zero-order valence-electron chi connectivity index (χ0n) is 14.0. The van der Waals surface area contributed by atoms with Gasteiger partial charge in [0.2, 0.25) is 0 Å². The molecule has 0 saturated carbocycles. The predicted molar refractivity (Wildman–Crippen MR) is 97.5 cm³/mol. The Morgan fingerprint density at radius 1 is 0.917 bits per heavy atom. The molecule has 1 heterocycles. The molecule has 24 heavy (non-hydrogen) atoms. The average molecular weight is 319 g/mol. The van der Waals surface area contributed by atoms with Gasteiger partial charge in [-0.3, -0.25) is 0 Å². The minimum Gasteiger partial charge on any atom is -0.351 e. The largest absolute Gasteiger partial charge is 0.351 e. The summed E-state index contributed by atoms with van der Waals surface area (Å²) in [6, 6.07) is 20.4. The number of nitrogens with zero attached hydrogens (tertiary/aromatic N) is 5. The molecule has 0 aliphatic heterocycles. The van der Waals surface area contributed by atoms with Crippen LogP contribution in [0.5, 0.6) is 0 Å². The van der Waals surface area contributed by atoms with E-state index in [0.29, 0.717) is 5.95 Å². The molecule has 0 aliphatic rings. The number of hydrogen-bond acceptors (Lipinski definition) is 5. The molecule has 0 atom stereocenters. The predicted octanol–water partition coefficient (Wildman–Crippen LogP) is 3.67. The normalized spacial score (nSPS) is 10.4. The van der Waals surface area contributed by atoms with Gasteiger partial charge in [-0.25, -0.2) is 0 Å². The van der Waals surface area contributed by atoms with Crippen LogP contribution in [0.3, 0.4) is 0 Å². The Balaban J connectivity index is 1.83. The molecule has 5 nitrogen and oxygen atoms in total. The topological polar surface area (TPSA) is 45.2 Å². The molecule has 0 unspecified atom stereocenters. The van der Waals surface area contributed by atoms with Crippen molar-refractivity contribution in [3.63, 3.8) is 0 Å². The summed E-state index contributed by atoms with van der Waals surface area (Å²) >= 11 is 0. The van der Waals surface area contributed by atoms with Crippen molar-refractivity contribution in [2.45, 2.75) is 13.5 Å². The Hall–Kier alpha value is -2.95. The van der Waals surface area contributed by atoms with Crippen molar-refractivity contribution >= 4 is 17.5 Å². The van der Waals surface area contributed by atoms with E-state index in [1.165, 1.54) is 5.56 Å². The SMILES string of the molecule is CCN(Cc1ccccc1)c1cnnc(N(C)c2ccccc2)n1. The van der Waals surface area contributed by atoms with Gasteiger partial charge in [0.15, 0.2) is 5.82 Å². The number of para-hydroxylation sites is 1. The Kier molecular flexibility index (Phi) is 5.01. The van der Waals surface area contributed by atoms with Gasteiger partial charge >= 0.3 is 0 Å². The lowest BCUT2D eigenvalue weighted by molar-refractivity contribution is 0.793. The fourth-order valence-electron chi connectivity index (χ4n) is 2.51. The van der Waals surface area contributed by atoms with Crippen LogP contribution in [0.1, 0.15) is 12.5 Å². The standard InChI is InChI=1S/C19H21N5/c1-3-24(15-16-10-6-4-7-11-16)18-14-20-22-19(21-18)23(2)17-12-8-5-9-13-17/h4-14H,3,15H2,1-2H3. The molecule has 2 aromatic carbocycles. The van der Waals surface area contributed by atoms with E-state index in [-0.39, 0.29) is 0 Å². The quantitative estimate of drug-likeness (QED) is 0.694. The van der Waals surface area contributed by atoms with Crippen LogP contribution in [-0.4, -0.2) is 28.8 Å². The second kappa shape index (κ2) is 7.55. The first-order valence-corrected chi connectivity index (χ1v) is 8.05. The molecule has 0 fully saturated rings. The summed E-state index contributed by atoms with van der Waals surface area (Å²) in [6.07, 6.45) is 1.72. The zero-order chi connectivity index (χ0) is 16.8. The molecule has 3 rings (SSSR count). The molecular formula is C19H21N5. The summed E-state index contributed by atoms with van der Waals surface area (Å²) in [4.78, 5) is 8.82. The Morgan fingerprint density at radius 2 is 1.58 bits per heavy atom. The maximum absolute atomic E-state index is 4.69. The third-order valence-electron chi connectivity index (χ3n) is 3.90. The van der Waals surface area contributed by atoms with Crippen molar-refractivity contribution in [1.29, 1.82) is 0 Å². The van der Waals surface area contributed by atoms with Gasteiger partial charge in [0, 0.05) is 25.8 Å². The summed E-state index contributed by atoms with van der Waals surface area (Å²) in [5.41, 5.74) is 2.28. The van der Waals surface area contributed by atoms with Crippen molar-refractivity contribution < 1.29 is 0 Å². The molecule has 0 spiro atoms. The van der Waals surface area contributed by atoms with Crippen LogP contribution in [0.15, 0.2) is 66.9 Å². The van der Waals surface area contributed by atoms with Gasteiger partial charge in [-0.15, -0.1) is 5.10 Å². The van der Waals surface area contributed by atoms with Crippen molar-refractivity contribution in [3.8, 4) is 0 Å². The lowest BCUT2D eigenvalue weighted by Crippen LogP contribution is -2.24. The Morgan fingerprint density at radius 3 is 2.25 bits per heavy atom. The van der Waals surface area contributed by atoms with Crippen molar-refractivity contribution in [2.24, 2.45) is 0 Å². The highest BCUT2D eigenvalue weighted by atomic mass is 15.3. The van der Waals surface area contributed by atoms with Crippen LogP contribution in [0.25, 0.3) is 0 Å². The number of anilines is 3. The first kappa shape index (κ1) is 15.9. The number of hydrogen-bond donors (Lipinski definition) is 0. The fraction of sp³-hybridized carbons (Fsp3) is 0.211. The van der Waals surface area contributed by atoms with Crippen LogP contribution < -0.4 is 9.80 Å². The van der Waals surface area contributed by atoms with E-state index < -0.39 is 0 Å². The summed E-state index contributed by atoms with van der Waals surface area (Å²) in [6.45, 7) is 3.76. The maximum Gasteiger partial charge on any atom is 0.251 e. The van der Waals surface area contributed by atoms with Gasteiger partial charge in [-0.05, 0) is 24.6 Å². The first-order chi connectivity index (χ1) is 11.8. The lowest BCUT2D eigenvalue weighted by atomic mass is 10.2. The third kappa shape index (κ3) is 3.68. The van der Waals surface area contributed by atoms with Crippen molar-refractivity contribution in [3.05, 3.63) is 72.4 Å². The van der Waals surface area contributed by atoms with E-state index in [1.807, 2.05) is 48.3 Å². The summed E-state index contributed by atoms with van der Waals surface area (Å²) in [5.74, 6) is 1.42. The van der Waals surface area contributed by atoms with Gasteiger partial charge in [-0.2, -0.15) is 10.1 Å². The lowest BCUT2D eigenvalue weighted by Gasteiger charge is -2.23. The molecule has 0 amide bonds. The molecule has 0 radical (unpaired) electrons. The molecule has 3 aromatic rings. The Bertz CT molecular complexity index is 761. The molecule has 122 valence electrons. The first-order valence-electron chi connectivity index (χ1n) is 8.05. The van der Waals surface area contributed by atoms with Gasteiger partial charge in [0.1, 0.15) is 0 Å². The summed E-state index contributed by atoms with van der Waals surface area (Å²) < 4.78 is 0. The third-order valence-corrected chi connectivity index (χ3v) is 3.90. The van der Waals surface area contributed by atoms with Gasteiger partial charge < -0.3 is 9.80 Å². The van der Waals surface area contributed by atoms with E-state index in [2.05, 4.69) is 46.3 Å². The van der Waals surface area contributed by atoms with Crippen LogP contribution >= 0.6 is 0 Å². The molecule has 5 heteroatoms. The van der Waals surface area contributed by atoms with Crippen LogP contribution in [0, 0.1) is 0 Å². The highest BCUT2D eigenvalue weighted by molar-refractivity contribution is 5.56. The molecule has 1 aromatic heterocycles. The molecule has 0 aliphatic carbocycles. The van der Waals surface area contributed by atoms with E-state index in [1.54, 1.807) is 6.20 Å². The smallest absolute Gasteiger partial charge is 0.251 e. The Labute approximate surface area is 142 Å².